The summed E-state index contributed by atoms with van der Waals surface area (Å²) in [6.07, 6.45) is -1.34. The Hall–Kier alpha value is -3.97. The highest BCUT2D eigenvalue weighted by Crippen LogP contribution is 2.68. The SMILES string of the molecule is CC1C2(c3ccc(Cl)cc3)OC(=N)C1(C#N)C(C#N)(C#N)C(c1ccc([N+](=O)[O-])cc1)O2. The predicted molar refractivity (Wildman–Crippen MR) is 110 cm³/mol. The predicted octanol–water partition coefficient (Wildman–Crippen LogP) is 4.36. The first-order chi connectivity index (χ1) is 15.2. The summed E-state index contributed by atoms with van der Waals surface area (Å²) in [4.78, 5) is 10.5. The summed E-state index contributed by atoms with van der Waals surface area (Å²) < 4.78 is 12.2. The lowest BCUT2D eigenvalue weighted by atomic mass is 9.53. The second-order valence-electron chi connectivity index (χ2n) is 7.63. The number of nitrogens with one attached hydrogen (secondary N) is 1. The van der Waals surface area contributed by atoms with E-state index in [9.17, 15) is 25.9 Å². The zero-order valence-electron chi connectivity index (χ0n) is 16.6. The topological polar surface area (TPSA) is 157 Å². The highest BCUT2D eigenvalue weighted by molar-refractivity contribution is 6.30. The molecule has 2 aromatic rings. The first-order valence-electron chi connectivity index (χ1n) is 9.42. The lowest BCUT2D eigenvalue weighted by molar-refractivity contribution is -0.384. The van der Waals surface area contributed by atoms with Crippen molar-refractivity contribution in [2.24, 2.45) is 16.7 Å². The van der Waals surface area contributed by atoms with Crippen molar-refractivity contribution in [1.29, 1.82) is 21.2 Å². The molecule has 4 rings (SSSR count). The van der Waals surface area contributed by atoms with Crippen molar-refractivity contribution in [1.82, 2.24) is 0 Å². The summed E-state index contributed by atoms with van der Waals surface area (Å²) in [5.74, 6) is -3.11. The third-order valence-electron chi connectivity index (χ3n) is 6.32. The number of nitriles is 3. The minimum atomic E-state index is -2.15. The van der Waals surface area contributed by atoms with E-state index in [1.807, 2.05) is 18.2 Å². The molecule has 0 radical (unpaired) electrons. The number of halogens is 1. The van der Waals surface area contributed by atoms with E-state index in [2.05, 4.69) is 0 Å². The summed E-state index contributed by atoms with van der Waals surface area (Å²) in [5.41, 5.74) is -3.58. The first kappa shape index (κ1) is 21.3. The van der Waals surface area contributed by atoms with E-state index in [0.29, 0.717) is 10.6 Å². The molecule has 32 heavy (non-hydrogen) atoms. The van der Waals surface area contributed by atoms with Crippen LogP contribution < -0.4 is 0 Å². The van der Waals surface area contributed by atoms with E-state index in [1.54, 1.807) is 31.2 Å². The van der Waals surface area contributed by atoms with Crippen LogP contribution in [0.3, 0.4) is 0 Å². The fourth-order valence-corrected chi connectivity index (χ4v) is 4.75. The third kappa shape index (κ3) is 2.42. The maximum absolute atomic E-state index is 11.1. The van der Waals surface area contributed by atoms with Crippen LogP contribution in [0.4, 0.5) is 5.69 Å². The van der Waals surface area contributed by atoms with Crippen LogP contribution in [0.5, 0.6) is 0 Å². The van der Waals surface area contributed by atoms with Gasteiger partial charge in [-0.25, -0.2) is 0 Å². The van der Waals surface area contributed by atoms with Crippen molar-refractivity contribution in [2.75, 3.05) is 0 Å². The number of hydrogen-bond donors (Lipinski definition) is 1. The average Bonchev–Trinajstić information content (AvgIpc) is 2.96. The molecule has 0 aliphatic carbocycles. The molecule has 158 valence electrons. The Morgan fingerprint density at radius 2 is 1.66 bits per heavy atom. The van der Waals surface area contributed by atoms with Gasteiger partial charge in [-0.2, -0.15) is 15.8 Å². The van der Waals surface area contributed by atoms with E-state index < -0.39 is 39.5 Å². The number of rotatable bonds is 3. The van der Waals surface area contributed by atoms with Gasteiger partial charge in [0.25, 0.3) is 5.69 Å². The van der Waals surface area contributed by atoms with Gasteiger partial charge in [-0.15, -0.1) is 0 Å². The molecular weight excluding hydrogens is 434 g/mol. The van der Waals surface area contributed by atoms with Gasteiger partial charge in [0.15, 0.2) is 5.41 Å². The van der Waals surface area contributed by atoms with Crippen molar-refractivity contribution in [3.8, 4) is 18.2 Å². The number of benzene rings is 2. The molecule has 0 amide bonds. The zero-order valence-corrected chi connectivity index (χ0v) is 17.3. The van der Waals surface area contributed by atoms with Gasteiger partial charge in [0, 0.05) is 22.7 Å². The standard InChI is InChI=1S/C22H14ClN5O4/c1-13-21(12-26)19(27)32-22(13,15-4-6-16(23)7-5-15)31-18(20(21,10-24)11-25)14-2-8-17(9-3-14)28(29)30/h2-9,13,18,27H,1H3. The normalized spacial score (nSPS) is 29.8. The Labute approximate surface area is 187 Å². The second kappa shape index (κ2) is 7.03. The van der Waals surface area contributed by atoms with Crippen LogP contribution in [0.1, 0.15) is 24.2 Å². The number of hydrogen-bond acceptors (Lipinski definition) is 8. The van der Waals surface area contributed by atoms with Crippen LogP contribution in [0.25, 0.3) is 0 Å². The highest BCUT2D eigenvalue weighted by atomic mass is 35.5. The van der Waals surface area contributed by atoms with Gasteiger partial charge >= 0.3 is 0 Å². The van der Waals surface area contributed by atoms with Crippen LogP contribution in [-0.2, 0) is 15.3 Å². The van der Waals surface area contributed by atoms with Gasteiger partial charge in [-0.3, -0.25) is 15.5 Å². The molecule has 2 aromatic carbocycles. The molecule has 2 saturated heterocycles. The third-order valence-corrected chi connectivity index (χ3v) is 6.57. The van der Waals surface area contributed by atoms with Crippen LogP contribution in [0, 0.1) is 66.3 Å². The molecule has 2 bridgehead atoms. The molecule has 0 saturated carbocycles. The van der Waals surface area contributed by atoms with Crippen molar-refractivity contribution < 1.29 is 14.4 Å². The van der Waals surface area contributed by atoms with Gasteiger partial charge in [0.1, 0.15) is 6.10 Å². The van der Waals surface area contributed by atoms with Crippen molar-refractivity contribution in [3.63, 3.8) is 0 Å². The Morgan fingerprint density at radius 1 is 1.06 bits per heavy atom. The maximum atomic E-state index is 11.1. The minimum absolute atomic E-state index is 0.188. The number of nitrogens with zero attached hydrogens (tertiary/aromatic N) is 4. The molecule has 0 aromatic heterocycles. The summed E-state index contributed by atoms with van der Waals surface area (Å²) in [7, 11) is 0. The van der Waals surface area contributed by atoms with Gasteiger partial charge < -0.3 is 9.47 Å². The molecule has 10 heteroatoms. The molecule has 9 nitrogen and oxygen atoms in total. The van der Waals surface area contributed by atoms with Crippen LogP contribution in [0.2, 0.25) is 5.02 Å². The maximum Gasteiger partial charge on any atom is 0.269 e. The van der Waals surface area contributed by atoms with E-state index in [1.165, 1.54) is 24.3 Å². The van der Waals surface area contributed by atoms with Gasteiger partial charge in [0.2, 0.25) is 17.1 Å². The summed E-state index contributed by atoms with van der Waals surface area (Å²) in [6.45, 7) is 1.59. The fourth-order valence-electron chi connectivity index (χ4n) is 4.62. The molecule has 2 heterocycles. The summed E-state index contributed by atoms with van der Waals surface area (Å²) >= 11 is 6.01. The highest BCUT2D eigenvalue weighted by Gasteiger charge is 2.79. The van der Waals surface area contributed by atoms with Crippen LogP contribution >= 0.6 is 11.6 Å². The van der Waals surface area contributed by atoms with Gasteiger partial charge in [0.05, 0.1) is 29.0 Å². The Morgan fingerprint density at radius 3 is 2.16 bits per heavy atom. The summed E-state index contributed by atoms with van der Waals surface area (Å²) in [6, 6.07) is 17.5. The molecule has 2 fully saturated rings. The average molecular weight is 448 g/mol. The van der Waals surface area contributed by atoms with Crippen LogP contribution in [-0.4, -0.2) is 10.8 Å². The van der Waals surface area contributed by atoms with Crippen molar-refractivity contribution in [3.05, 3.63) is 74.8 Å². The Kier molecular flexibility index (Phi) is 4.67. The smallest absolute Gasteiger partial charge is 0.269 e. The largest absolute Gasteiger partial charge is 0.443 e. The Balaban J connectivity index is 2.00. The lowest BCUT2D eigenvalue weighted by Crippen LogP contribution is -2.57. The first-order valence-corrected chi connectivity index (χ1v) is 9.80. The quantitative estimate of drug-likeness (QED) is 0.540. The molecule has 0 spiro atoms. The molecule has 2 aliphatic rings. The lowest BCUT2D eigenvalue weighted by Gasteiger charge is -2.48. The zero-order chi connectivity index (χ0) is 23.3. The van der Waals surface area contributed by atoms with E-state index in [-0.39, 0.29) is 11.3 Å². The van der Waals surface area contributed by atoms with Crippen molar-refractivity contribution in [2.45, 2.75) is 18.8 Å². The molecule has 4 unspecified atom stereocenters. The van der Waals surface area contributed by atoms with E-state index in [0.717, 1.165) is 0 Å². The fraction of sp³-hybridized carbons (Fsp3) is 0.273. The summed E-state index contributed by atoms with van der Waals surface area (Å²) in [5, 5.41) is 50.6. The number of non-ortho nitro benzene ring substituents is 1. The monoisotopic (exact) mass is 447 g/mol. The Bertz CT molecular complexity index is 1240. The molecule has 4 atom stereocenters. The van der Waals surface area contributed by atoms with Gasteiger partial charge in [-0.1, -0.05) is 30.7 Å². The minimum Gasteiger partial charge on any atom is -0.443 e. The molecule has 2 aliphatic heterocycles. The molecule has 1 N–H and O–H groups in total. The number of nitro benzene ring substituents is 1. The molecular formula is C22H14ClN5O4. The second-order valence-corrected chi connectivity index (χ2v) is 8.06. The van der Waals surface area contributed by atoms with Gasteiger partial charge in [-0.05, 0) is 29.8 Å². The number of fused-ring (bicyclic) bond motifs is 2. The number of nitro groups is 1. The van der Waals surface area contributed by atoms with Crippen molar-refractivity contribution >= 4 is 23.2 Å². The number of ether oxygens (including phenoxy) is 2. The van der Waals surface area contributed by atoms with E-state index >= 15 is 0 Å². The van der Waals surface area contributed by atoms with Crippen LogP contribution in [0.15, 0.2) is 48.5 Å². The van der Waals surface area contributed by atoms with E-state index in [4.69, 9.17) is 26.5 Å².